The molecule has 0 amide bonds. The summed E-state index contributed by atoms with van der Waals surface area (Å²) in [5, 5.41) is 0.544. The van der Waals surface area contributed by atoms with Crippen molar-refractivity contribution in [1.29, 1.82) is 0 Å². The summed E-state index contributed by atoms with van der Waals surface area (Å²) in [6, 6.07) is 9.17. The molecular weight excluding hydrogens is 438 g/mol. The Bertz CT molecular complexity index is 942. The lowest BCUT2D eigenvalue weighted by Gasteiger charge is -2.11. The summed E-state index contributed by atoms with van der Waals surface area (Å²) < 4.78 is 16.5. The van der Waals surface area contributed by atoms with Crippen molar-refractivity contribution in [3.63, 3.8) is 0 Å². The molecule has 0 N–H and O–H groups in total. The molecule has 6 heteroatoms. The minimum absolute atomic E-state index is 0.0521. The number of hydrogen-bond acceptors (Lipinski definition) is 4. The number of hydrogen-bond donors (Lipinski definition) is 0. The van der Waals surface area contributed by atoms with Crippen LogP contribution in [0.15, 0.2) is 45.8 Å². The number of rotatable bonds is 4. The number of halogens is 1. The van der Waals surface area contributed by atoms with E-state index in [1.54, 1.807) is 25.3 Å². The molecule has 3 rings (SSSR count). The molecule has 1 unspecified atom stereocenters. The first-order valence-corrected chi connectivity index (χ1v) is 11.3. The molecule has 1 aromatic heterocycles. The minimum atomic E-state index is -0.0521. The Kier molecular flexibility index (Phi) is 5.11. The van der Waals surface area contributed by atoms with E-state index in [0.29, 0.717) is 28.7 Å². The number of fused-ring (bicyclic) bond motifs is 1. The van der Waals surface area contributed by atoms with Gasteiger partial charge in [0.1, 0.15) is 29.8 Å². The summed E-state index contributed by atoms with van der Waals surface area (Å²) >= 11 is 2.15. The van der Waals surface area contributed by atoms with E-state index in [-0.39, 0.29) is 5.43 Å². The van der Waals surface area contributed by atoms with E-state index in [1.807, 2.05) is 26.0 Å². The highest BCUT2D eigenvalue weighted by Crippen LogP contribution is 2.31. The topological polar surface area (TPSA) is 48.7 Å². The predicted octanol–water partition coefficient (Wildman–Crippen LogP) is 5.41. The Hall–Kier alpha value is -1.59. The second-order valence-electron chi connectivity index (χ2n) is 5.46. The Labute approximate surface area is 154 Å². The molecule has 4 nitrogen and oxygen atoms in total. The van der Waals surface area contributed by atoms with Gasteiger partial charge in [-0.25, -0.2) is 0 Å². The van der Waals surface area contributed by atoms with E-state index < -0.39 is 0 Å². The zero-order chi connectivity index (χ0) is 17.3. The molecule has 2 aromatic carbocycles. The number of ether oxygens (including phenoxy) is 1. The highest BCUT2D eigenvalue weighted by Gasteiger charge is 2.13. The molecule has 1 heterocycles. The van der Waals surface area contributed by atoms with Gasteiger partial charge in [-0.2, -0.15) is 0 Å². The van der Waals surface area contributed by atoms with Crippen LogP contribution >= 0.6 is 28.5 Å². The van der Waals surface area contributed by atoms with Gasteiger partial charge in [-0.15, -0.1) is 0 Å². The molecule has 3 aromatic rings. The van der Waals surface area contributed by atoms with Gasteiger partial charge in [0.25, 0.3) is 0 Å². The van der Waals surface area contributed by atoms with Crippen molar-refractivity contribution < 1.29 is 13.7 Å². The van der Waals surface area contributed by atoms with Gasteiger partial charge >= 0.3 is 0 Å². The molecule has 0 radical (unpaired) electrons. The van der Waals surface area contributed by atoms with Crippen LogP contribution in [0.25, 0.3) is 22.1 Å². The predicted molar refractivity (Wildman–Crippen MR) is 107 cm³/mol. The molecular formula is C18H16IO4P. The van der Waals surface area contributed by atoms with Gasteiger partial charge in [-0.05, 0) is 76.8 Å². The van der Waals surface area contributed by atoms with Crippen LogP contribution in [0.3, 0.4) is 0 Å². The van der Waals surface area contributed by atoms with Crippen LogP contribution in [0.4, 0.5) is 0 Å². The third-order valence-electron chi connectivity index (χ3n) is 3.88. The molecule has 0 saturated carbocycles. The van der Waals surface area contributed by atoms with Gasteiger partial charge < -0.3 is 13.7 Å². The van der Waals surface area contributed by atoms with Crippen molar-refractivity contribution in [2.75, 3.05) is 7.11 Å². The summed E-state index contributed by atoms with van der Waals surface area (Å²) in [6.07, 6.45) is 1.52. The first-order chi connectivity index (χ1) is 11.5. The SMILES string of the molecule is COc1c(C)cc(-c2coc3cc(OPI)ccc3c2=O)cc1C. The molecule has 0 aliphatic heterocycles. The van der Waals surface area contributed by atoms with E-state index in [2.05, 4.69) is 22.0 Å². The Morgan fingerprint density at radius 1 is 1.12 bits per heavy atom. The molecule has 24 heavy (non-hydrogen) atoms. The monoisotopic (exact) mass is 454 g/mol. The fourth-order valence-electron chi connectivity index (χ4n) is 2.84. The van der Waals surface area contributed by atoms with Crippen LogP contribution in [0.1, 0.15) is 11.1 Å². The van der Waals surface area contributed by atoms with Gasteiger partial charge in [0, 0.05) is 6.07 Å². The zero-order valence-electron chi connectivity index (χ0n) is 13.5. The smallest absolute Gasteiger partial charge is 0.200 e. The van der Waals surface area contributed by atoms with Crippen molar-refractivity contribution >= 4 is 39.5 Å². The lowest BCUT2D eigenvalue weighted by atomic mass is 10.00. The normalized spacial score (nSPS) is 11.3. The average molecular weight is 454 g/mol. The summed E-state index contributed by atoms with van der Waals surface area (Å²) in [7, 11) is 1.65. The van der Waals surface area contributed by atoms with Crippen molar-refractivity contribution in [1.82, 2.24) is 0 Å². The summed E-state index contributed by atoms with van der Waals surface area (Å²) in [5.74, 6) is 1.53. The molecule has 0 bridgehead atoms. The molecule has 0 spiro atoms. The molecule has 124 valence electrons. The zero-order valence-corrected chi connectivity index (χ0v) is 16.6. The van der Waals surface area contributed by atoms with E-state index in [9.17, 15) is 4.79 Å². The number of benzene rings is 2. The molecule has 0 aliphatic rings. The molecule has 0 saturated heterocycles. The molecule has 0 fully saturated rings. The van der Waals surface area contributed by atoms with Gasteiger partial charge in [0.05, 0.1) is 18.1 Å². The van der Waals surface area contributed by atoms with E-state index >= 15 is 0 Å². The van der Waals surface area contributed by atoms with E-state index in [4.69, 9.17) is 13.7 Å². The van der Waals surface area contributed by atoms with Crippen LogP contribution in [0.5, 0.6) is 11.5 Å². The number of methoxy groups -OCH3 is 1. The fourth-order valence-corrected chi connectivity index (χ4v) is 3.82. The van der Waals surface area contributed by atoms with Crippen molar-refractivity contribution in [3.05, 3.63) is 57.9 Å². The van der Waals surface area contributed by atoms with Gasteiger partial charge in [0.15, 0.2) is 5.43 Å². The maximum absolute atomic E-state index is 12.8. The van der Waals surface area contributed by atoms with Crippen molar-refractivity contribution in [2.24, 2.45) is 0 Å². The Morgan fingerprint density at radius 3 is 2.46 bits per heavy atom. The Morgan fingerprint density at radius 2 is 1.83 bits per heavy atom. The highest BCUT2D eigenvalue weighted by molar-refractivity contribution is 14.2. The standard InChI is InChI=1S/C18H16IO4P/c1-10-6-12(7-11(2)18(10)21-3)15-9-22-16-8-13(23-24-19)4-5-14(16)17(15)20/h4-9,24H,1-3H3. The van der Waals surface area contributed by atoms with Crippen LogP contribution < -0.4 is 14.7 Å². The lowest BCUT2D eigenvalue weighted by Crippen LogP contribution is -2.05. The first kappa shape index (κ1) is 17.2. The summed E-state index contributed by atoms with van der Waals surface area (Å²) in [4.78, 5) is 12.8. The second-order valence-corrected chi connectivity index (χ2v) is 7.14. The van der Waals surface area contributed by atoms with Crippen LogP contribution in [-0.4, -0.2) is 7.11 Å². The first-order valence-electron chi connectivity index (χ1n) is 7.28. The minimum Gasteiger partial charge on any atom is -0.496 e. The summed E-state index contributed by atoms with van der Waals surface area (Å²) in [6.45, 7) is 4.24. The van der Waals surface area contributed by atoms with E-state index in [0.717, 1.165) is 22.4 Å². The van der Waals surface area contributed by atoms with Crippen LogP contribution in [-0.2, 0) is 0 Å². The highest BCUT2D eigenvalue weighted by atomic mass is 127. The summed E-state index contributed by atoms with van der Waals surface area (Å²) in [5.41, 5.74) is 3.82. The Balaban J connectivity index is 2.16. The number of aryl methyl sites for hydroxylation is 2. The van der Waals surface area contributed by atoms with Crippen LogP contribution in [0, 0.1) is 13.8 Å². The van der Waals surface area contributed by atoms with Gasteiger partial charge in [-0.3, -0.25) is 4.79 Å². The quantitative estimate of drug-likeness (QED) is 0.391. The van der Waals surface area contributed by atoms with Crippen molar-refractivity contribution in [2.45, 2.75) is 13.8 Å². The maximum atomic E-state index is 12.8. The molecule has 1 atom stereocenters. The second kappa shape index (κ2) is 7.11. The fraction of sp³-hybridized carbons (Fsp3) is 0.167. The third kappa shape index (κ3) is 3.15. The average Bonchev–Trinajstić information content (AvgIpc) is 2.55. The van der Waals surface area contributed by atoms with Crippen LogP contribution in [0.2, 0.25) is 0 Å². The lowest BCUT2D eigenvalue weighted by molar-refractivity contribution is 0.408. The van der Waals surface area contributed by atoms with E-state index in [1.165, 1.54) is 6.26 Å². The maximum Gasteiger partial charge on any atom is 0.200 e. The van der Waals surface area contributed by atoms with Gasteiger partial charge in [-0.1, -0.05) is 0 Å². The largest absolute Gasteiger partial charge is 0.496 e. The molecule has 0 aliphatic carbocycles. The third-order valence-corrected chi connectivity index (χ3v) is 4.85. The van der Waals surface area contributed by atoms with Crippen molar-refractivity contribution in [3.8, 4) is 22.6 Å². The van der Waals surface area contributed by atoms with Gasteiger partial charge in [0.2, 0.25) is 0 Å².